The number of rotatable bonds is 4. The van der Waals surface area contributed by atoms with E-state index >= 15 is 0 Å². The van der Waals surface area contributed by atoms with Crippen molar-refractivity contribution in [2.45, 2.75) is 33.8 Å². The molecule has 0 fully saturated rings. The van der Waals surface area contributed by atoms with E-state index in [-0.39, 0.29) is 5.92 Å². The van der Waals surface area contributed by atoms with Crippen molar-refractivity contribution in [3.05, 3.63) is 29.3 Å². The zero-order chi connectivity index (χ0) is 12.3. The van der Waals surface area contributed by atoms with Crippen LogP contribution in [0.4, 0.5) is 0 Å². The van der Waals surface area contributed by atoms with E-state index in [0.717, 1.165) is 16.9 Å². The van der Waals surface area contributed by atoms with Gasteiger partial charge in [0.2, 0.25) is 0 Å². The number of aliphatic hydroxyl groups excluding tert-OH is 1. The number of hydrogen-bond acceptors (Lipinski definition) is 2. The summed E-state index contributed by atoms with van der Waals surface area (Å²) in [6.07, 6.45) is -0.463. The number of hydrogen-bond donors (Lipinski definition) is 1. The van der Waals surface area contributed by atoms with Crippen LogP contribution in [0.2, 0.25) is 0 Å². The lowest BCUT2D eigenvalue weighted by Crippen LogP contribution is -2.15. The molecule has 16 heavy (non-hydrogen) atoms. The zero-order valence-corrected chi connectivity index (χ0v) is 10.8. The molecule has 2 heteroatoms. The van der Waals surface area contributed by atoms with Gasteiger partial charge in [0.15, 0.2) is 0 Å². The molecule has 90 valence electrons. The van der Waals surface area contributed by atoms with Gasteiger partial charge >= 0.3 is 0 Å². The molecule has 1 rings (SSSR count). The topological polar surface area (TPSA) is 29.5 Å². The maximum atomic E-state index is 10.3. The van der Waals surface area contributed by atoms with E-state index in [0.29, 0.717) is 5.92 Å². The first kappa shape index (κ1) is 13.0. The molecule has 2 unspecified atom stereocenters. The highest BCUT2D eigenvalue weighted by Gasteiger charge is 2.22. The molecule has 0 radical (unpaired) electrons. The van der Waals surface area contributed by atoms with Crippen LogP contribution >= 0.6 is 0 Å². The van der Waals surface area contributed by atoms with Gasteiger partial charge in [-0.2, -0.15) is 0 Å². The van der Waals surface area contributed by atoms with E-state index in [2.05, 4.69) is 20.8 Å². The van der Waals surface area contributed by atoms with Crippen LogP contribution in [0, 0.1) is 18.8 Å². The molecule has 0 amide bonds. The Labute approximate surface area is 98.3 Å². The molecule has 1 aromatic carbocycles. The molecule has 0 aliphatic carbocycles. The summed E-state index contributed by atoms with van der Waals surface area (Å²) >= 11 is 0. The Balaban J connectivity index is 3.05. The fourth-order valence-electron chi connectivity index (χ4n) is 1.73. The van der Waals surface area contributed by atoms with Crippen LogP contribution in [0.1, 0.15) is 38.0 Å². The molecule has 2 nitrogen and oxygen atoms in total. The van der Waals surface area contributed by atoms with E-state index in [9.17, 15) is 5.11 Å². The summed E-state index contributed by atoms with van der Waals surface area (Å²) in [5, 5.41) is 10.3. The minimum Gasteiger partial charge on any atom is -0.496 e. The lowest BCUT2D eigenvalue weighted by Gasteiger charge is -2.24. The average Bonchev–Trinajstić information content (AvgIpc) is 2.26. The minimum atomic E-state index is -0.463. The van der Waals surface area contributed by atoms with Crippen molar-refractivity contribution in [1.82, 2.24) is 0 Å². The monoisotopic (exact) mass is 222 g/mol. The zero-order valence-electron chi connectivity index (χ0n) is 10.8. The average molecular weight is 222 g/mol. The van der Waals surface area contributed by atoms with Crippen LogP contribution in [-0.4, -0.2) is 12.2 Å². The van der Waals surface area contributed by atoms with Crippen LogP contribution < -0.4 is 4.74 Å². The van der Waals surface area contributed by atoms with Gasteiger partial charge in [-0.1, -0.05) is 32.4 Å². The summed E-state index contributed by atoms with van der Waals surface area (Å²) in [5.74, 6) is 1.43. The van der Waals surface area contributed by atoms with Gasteiger partial charge in [0.25, 0.3) is 0 Å². The third kappa shape index (κ3) is 2.76. The Morgan fingerprint density at radius 3 is 2.31 bits per heavy atom. The number of benzene rings is 1. The van der Waals surface area contributed by atoms with Crippen LogP contribution in [-0.2, 0) is 0 Å². The fraction of sp³-hybridized carbons (Fsp3) is 0.571. The molecule has 0 saturated carbocycles. The Morgan fingerprint density at radius 1 is 1.19 bits per heavy atom. The van der Waals surface area contributed by atoms with Crippen LogP contribution in [0.5, 0.6) is 5.75 Å². The first-order valence-electron chi connectivity index (χ1n) is 5.80. The quantitative estimate of drug-likeness (QED) is 0.846. The lowest BCUT2D eigenvalue weighted by atomic mass is 9.87. The molecule has 2 atom stereocenters. The molecular weight excluding hydrogens is 200 g/mol. The highest BCUT2D eigenvalue weighted by molar-refractivity contribution is 5.38. The fourth-order valence-corrected chi connectivity index (χ4v) is 1.73. The highest BCUT2D eigenvalue weighted by Crippen LogP contribution is 2.33. The minimum absolute atomic E-state index is 0.218. The number of methoxy groups -OCH3 is 1. The molecule has 0 spiro atoms. The summed E-state index contributed by atoms with van der Waals surface area (Å²) in [6, 6.07) is 5.92. The first-order valence-corrected chi connectivity index (χ1v) is 5.80. The van der Waals surface area contributed by atoms with Gasteiger partial charge in [0.1, 0.15) is 5.75 Å². The molecule has 0 saturated heterocycles. The molecule has 0 aliphatic heterocycles. The number of aryl methyl sites for hydroxylation is 1. The van der Waals surface area contributed by atoms with Crippen molar-refractivity contribution in [1.29, 1.82) is 0 Å². The standard InChI is InChI=1S/C14H22O2/c1-9(2)11(4)14(15)12-8-10(3)6-7-13(12)16-5/h6-9,11,14-15H,1-5H3. The van der Waals surface area contributed by atoms with Gasteiger partial charge in [-0.3, -0.25) is 0 Å². The van der Waals surface area contributed by atoms with E-state index in [4.69, 9.17) is 4.74 Å². The third-order valence-corrected chi connectivity index (χ3v) is 3.25. The molecule has 1 aromatic rings. The predicted molar refractivity (Wildman–Crippen MR) is 66.7 cm³/mol. The summed E-state index contributed by atoms with van der Waals surface area (Å²) in [4.78, 5) is 0. The predicted octanol–water partition coefficient (Wildman–Crippen LogP) is 3.33. The second-order valence-corrected chi connectivity index (χ2v) is 4.79. The third-order valence-electron chi connectivity index (χ3n) is 3.25. The number of ether oxygens (including phenoxy) is 1. The number of aliphatic hydroxyl groups is 1. The molecule has 1 N–H and O–H groups in total. The van der Waals surface area contributed by atoms with Crippen molar-refractivity contribution >= 4 is 0 Å². The largest absolute Gasteiger partial charge is 0.496 e. The van der Waals surface area contributed by atoms with E-state index in [1.165, 1.54) is 0 Å². The van der Waals surface area contributed by atoms with Crippen LogP contribution in [0.3, 0.4) is 0 Å². The summed E-state index contributed by atoms with van der Waals surface area (Å²) in [5.41, 5.74) is 2.04. The molecule has 0 heterocycles. The van der Waals surface area contributed by atoms with Crippen molar-refractivity contribution in [2.75, 3.05) is 7.11 Å². The molecule has 0 aromatic heterocycles. The SMILES string of the molecule is COc1ccc(C)cc1C(O)C(C)C(C)C. The normalized spacial score (nSPS) is 14.9. The Kier molecular flexibility index (Phi) is 4.36. The van der Waals surface area contributed by atoms with E-state index in [1.807, 2.05) is 25.1 Å². The van der Waals surface area contributed by atoms with Gasteiger partial charge in [0.05, 0.1) is 13.2 Å². The molecule has 0 bridgehead atoms. The Morgan fingerprint density at radius 2 is 1.81 bits per heavy atom. The second kappa shape index (κ2) is 5.35. The Hall–Kier alpha value is -1.02. The van der Waals surface area contributed by atoms with Crippen molar-refractivity contribution in [3.63, 3.8) is 0 Å². The van der Waals surface area contributed by atoms with Gasteiger partial charge in [0, 0.05) is 5.56 Å². The molecular formula is C14H22O2. The molecule has 0 aliphatic rings. The van der Waals surface area contributed by atoms with Crippen molar-refractivity contribution < 1.29 is 9.84 Å². The maximum Gasteiger partial charge on any atom is 0.124 e. The summed E-state index contributed by atoms with van der Waals surface area (Å²) in [7, 11) is 1.64. The van der Waals surface area contributed by atoms with Gasteiger partial charge in [-0.25, -0.2) is 0 Å². The first-order chi connectivity index (χ1) is 7.47. The van der Waals surface area contributed by atoms with E-state index in [1.54, 1.807) is 7.11 Å². The smallest absolute Gasteiger partial charge is 0.124 e. The summed E-state index contributed by atoms with van der Waals surface area (Å²) in [6.45, 7) is 8.33. The van der Waals surface area contributed by atoms with Crippen molar-refractivity contribution in [2.24, 2.45) is 11.8 Å². The van der Waals surface area contributed by atoms with E-state index < -0.39 is 6.10 Å². The van der Waals surface area contributed by atoms with Crippen LogP contribution in [0.25, 0.3) is 0 Å². The van der Waals surface area contributed by atoms with Gasteiger partial charge < -0.3 is 9.84 Å². The van der Waals surface area contributed by atoms with Gasteiger partial charge in [-0.05, 0) is 30.9 Å². The maximum absolute atomic E-state index is 10.3. The summed E-state index contributed by atoms with van der Waals surface area (Å²) < 4.78 is 5.29. The van der Waals surface area contributed by atoms with Crippen LogP contribution in [0.15, 0.2) is 18.2 Å². The highest BCUT2D eigenvalue weighted by atomic mass is 16.5. The van der Waals surface area contributed by atoms with Crippen molar-refractivity contribution in [3.8, 4) is 5.75 Å². The van der Waals surface area contributed by atoms with Gasteiger partial charge in [-0.15, -0.1) is 0 Å². The second-order valence-electron chi connectivity index (χ2n) is 4.79. The lowest BCUT2D eigenvalue weighted by molar-refractivity contribution is 0.0895. The Bertz CT molecular complexity index is 345.